The summed E-state index contributed by atoms with van der Waals surface area (Å²) in [6.07, 6.45) is -0.466. The average Bonchev–Trinajstić information content (AvgIpc) is 2.84. The van der Waals surface area contributed by atoms with E-state index in [2.05, 4.69) is 17.0 Å². The largest absolute Gasteiger partial charge is 0.342 e. The predicted octanol–water partition coefficient (Wildman–Crippen LogP) is 7.36. The lowest BCUT2D eigenvalue weighted by atomic mass is 9.99. The minimum Gasteiger partial charge on any atom is -0.342 e. The van der Waals surface area contributed by atoms with Crippen molar-refractivity contribution in [3.8, 4) is 0 Å². The van der Waals surface area contributed by atoms with E-state index in [4.69, 9.17) is 23.2 Å². The minimum absolute atomic E-state index is 0.0721. The van der Waals surface area contributed by atoms with Crippen LogP contribution in [0.2, 0.25) is 10.0 Å². The van der Waals surface area contributed by atoms with Crippen molar-refractivity contribution in [2.75, 3.05) is 9.80 Å². The molecule has 1 aliphatic rings. The Morgan fingerprint density at radius 1 is 0.719 bits per heavy atom. The van der Waals surface area contributed by atoms with Crippen molar-refractivity contribution >= 4 is 40.5 Å². The molecule has 0 spiro atoms. The van der Waals surface area contributed by atoms with E-state index in [1.165, 1.54) is 0 Å². The van der Waals surface area contributed by atoms with Gasteiger partial charge in [-0.05, 0) is 35.9 Å². The van der Waals surface area contributed by atoms with Crippen LogP contribution in [-0.4, -0.2) is 5.91 Å². The van der Waals surface area contributed by atoms with E-state index in [9.17, 15) is 4.79 Å². The second kappa shape index (κ2) is 8.70. The first kappa shape index (κ1) is 20.6. The first-order valence-electron chi connectivity index (χ1n) is 10.4. The highest BCUT2D eigenvalue weighted by Gasteiger charge is 2.40. The van der Waals surface area contributed by atoms with Gasteiger partial charge in [-0.15, -0.1) is 0 Å². The monoisotopic (exact) mass is 458 g/mol. The Bertz CT molecular complexity index is 1260. The molecule has 0 N–H and O–H groups in total. The SMILES string of the molecule is O=C1c2ccccc2N(Cc2ccccc2)[C@H](c2cccc(Cl)c2Cl)N1c1ccccc1. The number of halogens is 2. The lowest BCUT2D eigenvalue weighted by molar-refractivity contribution is 0.0968. The van der Waals surface area contributed by atoms with Crippen LogP contribution in [0.3, 0.4) is 0 Å². The zero-order chi connectivity index (χ0) is 22.1. The minimum atomic E-state index is -0.466. The molecular formula is C27H20Cl2N2O. The smallest absolute Gasteiger partial charge is 0.262 e. The molecule has 158 valence electrons. The molecule has 0 saturated carbocycles. The molecule has 0 radical (unpaired) electrons. The number of nitrogens with zero attached hydrogens (tertiary/aromatic N) is 2. The molecule has 5 rings (SSSR count). The molecule has 1 aliphatic heterocycles. The Morgan fingerprint density at radius 3 is 2.12 bits per heavy atom. The summed E-state index contributed by atoms with van der Waals surface area (Å²) in [5.41, 5.74) is 4.23. The number of amides is 1. The molecule has 0 unspecified atom stereocenters. The summed E-state index contributed by atoms with van der Waals surface area (Å²) in [6.45, 7) is 0.599. The Balaban J connectivity index is 1.76. The van der Waals surface area contributed by atoms with Gasteiger partial charge in [0.15, 0.2) is 0 Å². The summed E-state index contributed by atoms with van der Waals surface area (Å²) in [5.74, 6) is -0.0721. The van der Waals surface area contributed by atoms with Crippen LogP contribution in [0.15, 0.2) is 103 Å². The third-order valence-corrected chi connectivity index (χ3v) is 6.53. The highest BCUT2D eigenvalue weighted by Crippen LogP contribution is 2.45. The molecule has 1 heterocycles. The number of carbonyl (C=O) groups excluding carboxylic acids is 1. The van der Waals surface area contributed by atoms with Crippen LogP contribution in [0.4, 0.5) is 11.4 Å². The Hall–Kier alpha value is -3.27. The quantitative estimate of drug-likeness (QED) is 0.318. The summed E-state index contributed by atoms with van der Waals surface area (Å²) in [5, 5.41) is 0.911. The summed E-state index contributed by atoms with van der Waals surface area (Å²) in [7, 11) is 0. The van der Waals surface area contributed by atoms with Gasteiger partial charge >= 0.3 is 0 Å². The van der Waals surface area contributed by atoms with Gasteiger partial charge in [-0.3, -0.25) is 9.69 Å². The molecule has 0 saturated heterocycles. The molecule has 0 fully saturated rings. The van der Waals surface area contributed by atoms with Crippen LogP contribution in [0, 0.1) is 0 Å². The molecule has 4 aromatic carbocycles. The maximum atomic E-state index is 13.8. The molecule has 1 atom stereocenters. The van der Waals surface area contributed by atoms with Crippen molar-refractivity contribution < 1.29 is 4.79 Å². The molecule has 3 nitrogen and oxygen atoms in total. The highest BCUT2D eigenvalue weighted by atomic mass is 35.5. The van der Waals surface area contributed by atoms with Crippen molar-refractivity contribution in [3.63, 3.8) is 0 Å². The highest BCUT2D eigenvalue weighted by molar-refractivity contribution is 6.42. The molecule has 0 aromatic heterocycles. The third kappa shape index (κ3) is 3.64. The normalized spacial score (nSPS) is 15.6. The van der Waals surface area contributed by atoms with Crippen LogP contribution in [0.25, 0.3) is 0 Å². The number of rotatable bonds is 4. The van der Waals surface area contributed by atoms with Crippen LogP contribution in [0.1, 0.15) is 27.7 Å². The number of para-hydroxylation sites is 2. The van der Waals surface area contributed by atoms with Gasteiger partial charge in [0.2, 0.25) is 0 Å². The van der Waals surface area contributed by atoms with Gasteiger partial charge < -0.3 is 4.90 Å². The van der Waals surface area contributed by atoms with E-state index in [0.29, 0.717) is 22.2 Å². The second-order valence-electron chi connectivity index (χ2n) is 7.66. The summed E-state index contributed by atoms with van der Waals surface area (Å²) < 4.78 is 0. The average molecular weight is 459 g/mol. The maximum absolute atomic E-state index is 13.8. The van der Waals surface area contributed by atoms with Gasteiger partial charge in [-0.1, -0.05) is 96.0 Å². The van der Waals surface area contributed by atoms with E-state index in [1.807, 2.05) is 89.8 Å². The fourth-order valence-electron chi connectivity index (χ4n) is 4.24. The fourth-order valence-corrected chi connectivity index (χ4v) is 4.65. The first-order chi connectivity index (χ1) is 15.6. The standard InChI is InChI=1S/C27H20Cl2N2O/c28-23-16-9-15-22(25(23)29)26-30(18-19-10-3-1-4-11-19)24-17-8-7-14-21(24)27(32)31(26)20-12-5-2-6-13-20/h1-17,26H,18H2/t26-/m0/s1. The number of hydrogen-bond donors (Lipinski definition) is 0. The third-order valence-electron chi connectivity index (χ3n) is 5.69. The van der Waals surface area contributed by atoms with Gasteiger partial charge in [-0.25, -0.2) is 0 Å². The molecule has 5 heteroatoms. The lowest BCUT2D eigenvalue weighted by Gasteiger charge is -2.46. The number of hydrogen-bond acceptors (Lipinski definition) is 2. The zero-order valence-corrected chi connectivity index (χ0v) is 18.7. The van der Waals surface area contributed by atoms with Crippen LogP contribution < -0.4 is 9.80 Å². The van der Waals surface area contributed by atoms with E-state index >= 15 is 0 Å². The topological polar surface area (TPSA) is 23.6 Å². The Labute approximate surface area is 197 Å². The summed E-state index contributed by atoms with van der Waals surface area (Å²) >= 11 is 13.1. The van der Waals surface area contributed by atoms with E-state index < -0.39 is 6.17 Å². The Morgan fingerprint density at radius 2 is 1.38 bits per heavy atom. The first-order valence-corrected chi connectivity index (χ1v) is 11.1. The lowest BCUT2D eigenvalue weighted by Crippen LogP contribution is -2.49. The molecule has 1 amide bonds. The van der Waals surface area contributed by atoms with Crippen molar-refractivity contribution in [2.24, 2.45) is 0 Å². The molecule has 0 aliphatic carbocycles. The van der Waals surface area contributed by atoms with Crippen LogP contribution in [0.5, 0.6) is 0 Å². The zero-order valence-electron chi connectivity index (χ0n) is 17.2. The Kier molecular flexibility index (Phi) is 5.60. The van der Waals surface area contributed by atoms with E-state index in [1.54, 1.807) is 6.07 Å². The van der Waals surface area contributed by atoms with Crippen molar-refractivity contribution in [1.29, 1.82) is 0 Å². The van der Waals surface area contributed by atoms with Crippen molar-refractivity contribution in [1.82, 2.24) is 0 Å². The molecule has 4 aromatic rings. The summed E-state index contributed by atoms with van der Waals surface area (Å²) in [4.78, 5) is 17.8. The van der Waals surface area contributed by atoms with Crippen LogP contribution >= 0.6 is 23.2 Å². The van der Waals surface area contributed by atoms with E-state index in [0.717, 1.165) is 22.5 Å². The second-order valence-corrected chi connectivity index (χ2v) is 8.44. The molecule has 0 bridgehead atoms. The molecular weight excluding hydrogens is 439 g/mol. The maximum Gasteiger partial charge on any atom is 0.262 e. The van der Waals surface area contributed by atoms with Gasteiger partial charge in [-0.2, -0.15) is 0 Å². The van der Waals surface area contributed by atoms with Gasteiger partial charge in [0.25, 0.3) is 5.91 Å². The van der Waals surface area contributed by atoms with Crippen molar-refractivity contribution in [2.45, 2.75) is 12.7 Å². The number of anilines is 2. The predicted molar refractivity (Wildman–Crippen MR) is 132 cm³/mol. The van der Waals surface area contributed by atoms with E-state index in [-0.39, 0.29) is 5.91 Å². The van der Waals surface area contributed by atoms with Gasteiger partial charge in [0, 0.05) is 17.8 Å². The van der Waals surface area contributed by atoms with Gasteiger partial charge in [0.1, 0.15) is 6.17 Å². The number of carbonyl (C=O) groups is 1. The number of benzene rings is 4. The molecule has 32 heavy (non-hydrogen) atoms. The summed E-state index contributed by atoms with van der Waals surface area (Å²) in [6, 6.07) is 33.2. The fraction of sp³-hybridized carbons (Fsp3) is 0.0741. The van der Waals surface area contributed by atoms with Crippen LogP contribution in [-0.2, 0) is 6.54 Å². The number of fused-ring (bicyclic) bond motifs is 1. The van der Waals surface area contributed by atoms with Gasteiger partial charge in [0.05, 0.1) is 21.3 Å². The van der Waals surface area contributed by atoms with Crippen molar-refractivity contribution in [3.05, 3.63) is 130 Å².